The average Bonchev–Trinajstić information content (AvgIpc) is 2.48. The van der Waals surface area contributed by atoms with Gasteiger partial charge in [0.15, 0.2) is 0 Å². The summed E-state index contributed by atoms with van der Waals surface area (Å²) in [6.45, 7) is 4.66. The Hall–Kier alpha value is -1.07. The molecule has 20 heavy (non-hydrogen) atoms. The zero-order valence-electron chi connectivity index (χ0n) is 12.0. The van der Waals surface area contributed by atoms with Gasteiger partial charge in [0.05, 0.1) is 12.7 Å². The molecule has 1 aromatic carbocycles. The Bertz CT molecular complexity index is 473. The maximum Gasteiger partial charge on any atom is 0.257 e. The SMILES string of the molecule is CCN(C(=O)c1ccc(Br)cc1OC)C1CCCNC1. The topological polar surface area (TPSA) is 41.6 Å². The standard InChI is InChI=1S/C15H21BrN2O2/c1-3-18(12-5-4-8-17-10-12)15(19)13-7-6-11(16)9-14(13)20-2/h6-7,9,12,17H,3-5,8,10H2,1-2H3. The van der Waals surface area contributed by atoms with Crippen LogP contribution in [0.1, 0.15) is 30.1 Å². The molecular weight excluding hydrogens is 320 g/mol. The molecule has 2 rings (SSSR count). The summed E-state index contributed by atoms with van der Waals surface area (Å²) in [4.78, 5) is 14.7. The molecule has 1 aliphatic heterocycles. The van der Waals surface area contributed by atoms with Crippen molar-refractivity contribution in [2.75, 3.05) is 26.7 Å². The van der Waals surface area contributed by atoms with Gasteiger partial charge in [-0.15, -0.1) is 0 Å². The highest BCUT2D eigenvalue weighted by molar-refractivity contribution is 9.10. The largest absolute Gasteiger partial charge is 0.496 e. The number of carbonyl (C=O) groups is 1. The predicted octanol–water partition coefficient (Wildman–Crippen LogP) is 2.67. The number of benzene rings is 1. The van der Waals surface area contributed by atoms with Crippen LogP contribution in [-0.4, -0.2) is 43.6 Å². The van der Waals surface area contributed by atoms with E-state index in [9.17, 15) is 4.79 Å². The molecule has 0 aromatic heterocycles. The number of rotatable bonds is 4. The van der Waals surface area contributed by atoms with Crippen LogP contribution in [0.2, 0.25) is 0 Å². The Morgan fingerprint density at radius 3 is 2.95 bits per heavy atom. The molecule has 5 heteroatoms. The molecule has 1 unspecified atom stereocenters. The fourth-order valence-corrected chi connectivity index (χ4v) is 3.00. The van der Waals surface area contributed by atoms with Crippen LogP contribution < -0.4 is 10.1 Å². The second-order valence-corrected chi connectivity index (χ2v) is 5.85. The van der Waals surface area contributed by atoms with Gasteiger partial charge in [-0.1, -0.05) is 15.9 Å². The maximum atomic E-state index is 12.8. The molecule has 4 nitrogen and oxygen atoms in total. The Balaban J connectivity index is 2.23. The van der Waals surface area contributed by atoms with E-state index in [0.29, 0.717) is 17.9 Å². The van der Waals surface area contributed by atoms with Crippen LogP contribution in [0.3, 0.4) is 0 Å². The van der Waals surface area contributed by atoms with Gasteiger partial charge in [0.25, 0.3) is 5.91 Å². The Morgan fingerprint density at radius 2 is 2.35 bits per heavy atom. The minimum Gasteiger partial charge on any atom is -0.496 e. The van der Waals surface area contributed by atoms with E-state index < -0.39 is 0 Å². The summed E-state index contributed by atoms with van der Waals surface area (Å²) in [7, 11) is 1.59. The van der Waals surface area contributed by atoms with Gasteiger partial charge in [0.1, 0.15) is 5.75 Å². The van der Waals surface area contributed by atoms with Crippen molar-refractivity contribution in [3.8, 4) is 5.75 Å². The Kier molecular flexibility index (Phi) is 5.43. The third kappa shape index (κ3) is 3.33. The van der Waals surface area contributed by atoms with Gasteiger partial charge < -0.3 is 15.0 Å². The van der Waals surface area contributed by atoms with Crippen LogP contribution in [-0.2, 0) is 0 Å². The molecule has 0 saturated carbocycles. The second kappa shape index (κ2) is 7.09. The van der Waals surface area contributed by atoms with E-state index in [1.165, 1.54) is 0 Å². The summed E-state index contributed by atoms with van der Waals surface area (Å²) in [6.07, 6.45) is 2.18. The van der Waals surface area contributed by atoms with Crippen molar-refractivity contribution in [1.29, 1.82) is 0 Å². The fourth-order valence-electron chi connectivity index (χ4n) is 2.66. The lowest BCUT2D eigenvalue weighted by molar-refractivity contribution is 0.0658. The molecule has 0 radical (unpaired) electrons. The first-order valence-corrected chi connectivity index (χ1v) is 7.82. The smallest absolute Gasteiger partial charge is 0.257 e. The van der Waals surface area contributed by atoms with E-state index >= 15 is 0 Å². The molecule has 0 spiro atoms. The van der Waals surface area contributed by atoms with Crippen LogP contribution in [0.25, 0.3) is 0 Å². The first kappa shape index (κ1) is 15.3. The molecular formula is C15H21BrN2O2. The van der Waals surface area contributed by atoms with Gasteiger partial charge in [-0.2, -0.15) is 0 Å². The van der Waals surface area contributed by atoms with E-state index in [0.717, 1.165) is 30.4 Å². The number of methoxy groups -OCH3 is 1. The number of nitrogens with zero attached hydrogens (tertiary/aromatic N) is 1. The van der Waals surface area contributed by atoms with Crippen molar-refractivity contribution < 1.29 is 9.53 Å². The lowest BCUT2D eigenvalue weighted by atomic mass is 10.0. The third-order valence-corrected chi connectivity index (χ3v) is 4.20. The van der Waals surface area contributed by atoms with E-state index in [1.54, 1.807) is 7.11 Å². The summed E-state index contributed by atoms with van der Waals surface area (Å²) in [5.41, 5.74) is 0.628. The van der Waals surface area contributed by atoms with E-state index in [-0.39, 0.29) is 11.9 Å². The summed E-state index contributed by atoms with van der Waals surface area (Å²) in [5, 5.41) is 3.36. The highest BCUT2D eigenvalue weighted by Gasteiger charge is 2.26. The fraction of sp³-hybridized carbons (Fsp3) is 0.533. The van der Waals surface area contributed by atoms with Gasteiger partial charge in [0, 0.05) is 23.6 Å². The zero-order valence-corrected chi connectivity index (χ0v) is 13.6. The summed E-state index contributed by atoms with van der Waals surface area (Å²) >= 11 is 3.40. The van der Waals surface area contributed by atoms with E-state index in [2.05, 4.69) is 21.2 Å². The number of ether oxygens (including phenoxy) is 1. The number of piperidine rings is 1. The molecule has 0 bridgehead atoms. The maximum absolute atomic E-state index is 12.8. The number of hydrogen-bond donors (Lipinski definition) is 1. The van der Waals surface area contributed by atoms with Crippen LogP contribution >= 0.6 is 15.9 Å². The van der Waals surface area contributed by atoms with Crippen LogP contribution in [0, 0.1) is 0 Å². The van der Waals surface area contributed by atoms with Crippen LogP contribution in [0.5, 0.6) is 5.75 Å². The summed E-state index contributed by atoms with van der Waals surface area (Å²) in [6, 6.07) is 5.81. The summed E-state index contributed by atoms with van der Waals surface area (Å²) in [5.74, 6) is 0.664. The molecule has 1 atom stereocenters. The minimum absolute atomic E-state index is 0.0468. The van der Waals surface area contributed by atoms with Gasteiger partial charge >= 0.3 is 0 Å². The number of halogens is 1. The van der Waals surface area contributed by atoms with Crippen molar-refractivity contribution in [2.45, 2.75) is 25.8 Å². The third-order valence-electron chi connectivity index (χ3n) is 3.71. The number of nitrogens with one attached hydrogen (secondary N) is 1. The second-order valence-electron chi connectivity index (χ2n) is 4.94. The average molecular weight is 341 g/mol. The zero-order chi connectivity index (χ0) is 14.5. The highest BCUT2D eigenvalue weighted by Crippen LogP contribution is 2.26. The molecule has 0 aliphatic carbocycles. The lowest BCUT2D eigenvalue weighted by Gasteiger charge is -2.34. The first-order chi connectivity index (χ1) is 9.67. The Morgan fingerprint density at radius 1 is 1.55 bits per heavy atom. The van der Waals surface area contributed by atoms with Crippen molar-refractivity contribution >= 4 is 21.8 Å². The first-order valence-electron chi connectivity index (χ1n) is 7.02. The number of amides is 1. The van der Waals surface area contributed by atoms with E-state index in [1.807, 2.05) is 30.0 Å². The number of carbonyl (C=O) groups excluding carboxylic acids is 1. The molecule has 1 heterocycles. The molecule has 1 aromatic rings. The normalized spacial score (nSPS) is 18.6. The van der Waals surface area contributed by atoms with Gasteiger partial charge in [-0.3, -0.25) is 4.79 Å². The van der Waals surface area contributed by atoms with Gasteiger partial charge in [0.2, 0.25) is 0 Å². The minimum atomic E-state index is 0.0468. The summed E-state index contributed by atoms with van der Waals surface area (Å²) < 4.78 is 6.25. The molecule has 1 N–H and O–H groups in total. The van der Waals surface area contributed by atoms with Crippen LogP contribution in [0.4, 0.5) is 0 Å². The highest BCUT2D eigenvalue weighted by atomic mass is 79.9. The van der Waals surface area contributed by atoms with Crippen molar-refractivity contribution in [3.05, 3.63) is 28.2 Å². The van der Waals surface area contributed by atoms with Crippen molar-refractivity contribution in [3.63, 3.8) is 0 Å². The van der Waals surface area contributed by atoms with E-state index in [4.69, 9.17) is 4.74 Å². The molecule has 110 valence electrons. The molecule has 1 aliphatic rings. The van der Waals surface area contributed by atoms with Crippen molar-refractivity contribution in [1.82, 2.24) is 10.2 Å². The molecule has 1 fully saturated rings. The molecule has 1 amide bonds. The monoisotopic (exact) mass is 340 g/mol. The number of likely N-dealkylation sites (N-methyl/N-ethyl adjacent to an activating group) is 1. The predicted molar refractivity (Wildman–Crippen MR) is 83.3 cm³/mol. The molecule has 1 saturated heterocycles. The quantitative estimate of drug-likeness (QED) is 0.916. The Labute approximate surface area is 128 Å². The van der Waals surface area contributed by atoms with Gasteiger partial charge in [-0.25, -0.2) is 0 Å². The lowest BCUT2D eigenvalue weighted by Crippen LogP contribution is -2.48. The number of hydrogen-bond acceptors (Lipinski definition) is 3. The van der Waals surface area contributed by atoms with Crippen LogP contribution in [0.15, 0.2) is 22.7 Å². The van der Waals surface area contributed by atoms with Crippen molar-refractivity contribution in [2.24, 2.45) is 0 Å². The van der Waals surface area contributed by atoms with Gasteiger partial charge in [-0.05, 0) is 44.5 Å².